The van der Waals surface area contributed by atoms with E-state index in [0.29, 0.717) is 0 Å². The van der Waals surface area contributed by atoms with Gasteiger partial charge in [0.15, 0.2) is 0 Å². The van der Waals surface area contributed by atoms with Gasteiger partial charge in [0, 0.05) is 39.0 Å². The average molecular weight is 770 g/mol. The van der Waals surface area contributed by atoms with Crippen LogP contribution in [0.2, 0.25) is 0 Å². The normalized spacial score (nSPS) is 14.4. The van der Waals surface area contributed by atoms with Gasteiger partial charge in [-0.3, -0.25) is 0 Å². The molecule has 2 aliphatic carbocycles. The molecule has 1 heterocycles. The minimum absolute atomic E-state index is 0.138. The van der Waals surface area contributed by atoms with Crippen molar-refractivity contribution in [2.45, 2.75) is 38.5 Å². The van der Waals surface area contributed by atoms with Crippen molar-refractivity contribution in [3.8, 4) is 67.1 Å². The van der Waals surface area contributed by atoms with E-state index >= 15 is 0 Å². The van der Waals surface area contributed by atoms with Gasteiger partial charge in [0.25, 0.3) is 0 Å². The quantitative estimate of drug-likeness (QED) is 0.177. The molecule has 286 valence electrons. The maximum atomic E-state index is 7.05. The molecular weight excluding hydrogens is 727 g/mol. The Morgan fingerprint density at radius 3 is 1.42 bits per heavy atom. The Kier molecular flexibility index (Phi) is 7.36. The van der Waals surface area contributed by atoms with E-state index in [1.807, 2.05) is 0 Å². The van der Waals surface area contributed by atoms with Crippen LogP contribution in [0.4, 0.5) is 17.1 Å². The predicted octanol–water partition coefficient (Wildman–Crippen LogP) is 16.0. The zero-order valence-corrected chi connectivity index (χ0v) is 34.3. The van der Waals surface area contributed by atoms with E-state index in [2.05, 4.69) is 221 Å². The lowest BCUT2D eigenvalue weighted by Gasteiger charge is -2.30. The molecule has 0 atom stereocenters. The summed E-state index contributed by atoms with van der Waals surface area (Å²) in [5.74, 6) is 1.70. The van der Waals surface area contributed by atoms with E-state index in [9.17, 15) is 0 Å². The minimum Gasteiger partial charge on any atom is -0.456 e. The summed E-state index contributed by atoms with van der Waals surface area (Å²) < 4.78 is 7.05. The molecule has 0 unspecified atom stereocenters. The number of benzene rings is 9. The van der Waals surface area contributed by atoms with Gasteiger partial charge >= 0.3 is 0 Å². The number of fused-ring (bicyclic) bond motifs is 12. The standard InChI is InChI=1S/C58H43NO/c1-57(2)51-20-12-10-18-43(51)45-27-23-41(34-53(45)57)59(42-24-28-46-44-19-11-13-21-52(44)58(3,4)54(46)35-42)40-25-29-55-50(33-40)49-31-38-17-9-8-16-37(38)30-48(49)47-26-22-39(32-56(47)60-55)36-14-6-5-7-15-36/h5-35H,1-4H3. The molecule has 0 spiro atoms. The zero-order chi connectivity index (χ0) is 40.3. The first-order chi connectivity index (χ1) is 29.2. The van der Waals surface area contributed by atoms with Crippen molar-refractivity contribution in [2.24, 2.45) is 0 Å². The molecule has 2 nitrogen and oxygen atoms in total. The van der Waals surface area contributed by atoms with E-state index in [1.54, 1.807) is 0 Å². The lowest BCUT2D eigenvalue weighted by molar-refractivity contribution is 0.488. The van der Waals surface area contributed by atoms with E-state index in [4.69, 9.17) is 4.74 Å². The number of anilines is 3. The number of ether oxygens (including phenoxy) is 1. The molecule has 0 saturated heterocycles. The molecule has 2 heteroatoms. The van der Waals surface area contributed by atoms with Crippen molar-refractivity contribution in [2.75, 3.05) is 4.90 Å². The van der Waals surface area contributed by atoms with Crippen LogP contribution in [-0.2, 0) is 10.8 Å². The largest absolute Gasteiger partial charge is 0.456 e. The Balaban J connectivity index is 1.08. The highest BCUT2D eigenvalue weighted by atomic mass is 16.5. The maximum absolute atomic E-state index is 7.05. The van der Waals surface area contributed by atoms with Gasteiger partial charge < -0.3 is 9.64 Å². The van der Waals surface area contributed by atoms with Gasteiger partial charge in [0.1, 0.15) is 11.5 Å². The second-order valence-electron chi connectivity index (χ2n) is 17.7. The first-order valence-electron chi connectivity index (χ1n) is 21.1. The van der Waals surface area contributed by atoms with Crippen molar-refractivity contribution in [3.63, 3.8) is 0 Å². The third-order valence-corrected chi connectivity index (χ3v) is 13.6. The summed E-state index contributed by atoms with van der Waals surface area (Å²) in [7, 11) is 0. The number of rotatable bonds is 4. The van der Waals surface area contributed by atoms with Crippen molar-refractivity contribution in [1.29, 1.82) is 0 Å². The number of hydrogen-bond donors (Lipinski definition) is 0. The Bertz CT molecular complexity index is 3140. The van der Waals surface area contributed by atoms with Gasteiger partial charge in [-0.05, 0) is 144 Å². The summed E-state index contributed by atoms with van der Waals surface area (Å²) in [5.41, 5.74) is 20.6. The molecular formula is C58H43NO. The first kappa shape index (κ1) is 34.8. The van der Waals surface area contributed by atoms with Crippen molar-refractivity contribution < 1.29 is 4.74 Å². The van der Waals surface area contributed by atoms with Crippen molar-refractivity contribution in [1.82, 2.24) is 0 Å². The van der Waals surface area contributed by atoms with Crippen LogP contribution in [0.1, 0.15) is 49.9 Å². The average Bonchev–Trinajstić information content (AvgIpc) is 3.59. The predicted molar refractivity (Wildman–Crippen MR) is 250 cm³/mol. The highest BCUT2D eigenvalue weighted by Crippen LogP contribution is 2.55. The van der Waals surface area contributed by atoms with Crippen LogP contribution in [0, 0.1) is 0 Å². The molecule has 0 radical (unpaired) electrons. The molecule has 60 heavy (non-hydrogen) atoms. The van der Waals surface area contributed by atoms with Crippen LogP contribution in [0.25, 0.3) is 66.4 Å². The Morgan fingerprint density at radius 1 is 0.317 bits per heavy atom. The highest BCUT2D eigenvalue weighted by Gasteiger charge is 2.38. The van der Waals surface area contributed by atoms with Crippen LogP contribution in [0.5, 0.6) is 11.5 Å². The molecule has 0 aromatic heterocycles. The summed E-state index contributed by atoms with van der Waals surface area (Å²) in [4.78, 5) is 2.46. The molecule has 0 fully saturated rings. The molecule has 0 N–H and O–H groups in total. The second kappa shape index (κ2) is 12.7. The van der Waals surface area contributed by atoms with E-state index in [1.165, 1.54) is 66.4 Å². The van der Waals surface area contributed by atoms with E-state index < -0.39 is 0 Å². The highest BCUT2D eigenvalue weighted by molar-refractivity contribution is 6.01. The summed E-state index contributed by atoms with van der Waals surface area (Å²) in [6, 6.07) is 69.3. The summed E-state index contributed by atoms with van der Waals surface area (Å²) in [5, 5.41) is 2.41. The van der Waals surface area contributed by atoms with E-state index in [-0.39, 0.29) is 10.8 Å². The van der Waals surface area contributed by atoms with Gasteiger partial charge in [-0.2, -0.15) is 0 Å². The molecule has 9 aromatic rings. The molecule has 0 saturated carbocycles. The Labute approximate surface area is 352 Å². The van der Waals surface area contributed by atoms with Crippen molar-refractivity contribution in [3.05, 3.63) is 210 Å². The summed E-state index contributed by atoms with van der Waals surface area (Å²) in [6.45, 7) is 9.46. The fourth-order valence-electron chi connectivity index (χ4n) is 10.5. The maximum Gasteiger partial charge on any atom is 0.135 e. The van der Waals surface area contributed by atoms with E-state index in [0.717, 1.165) is 50.8 Å². The molecule has 0 amide bonds. The molecule has 0 bridgehead atoms. The zero-order valence-electron chi connectivity index (χ0n) is 34.3. The minimum atomic E-state index is -0.138. The number of hydrogen-bond acceptors (Lipinski definition) is 2. The summed E-state index contributed by atoms with van der Waals surface area (Å²) >= 11 is 0. The first-order valence-corrected chi connectivity index (χ1v) is 21.1. The lowest BCUT2D eigenvalue weighted by Crippen LogP contribution is -2.18. The van der Waals surface area contributed by atoms with Crippen LogP contribution >= 0.6 is 0 Å². The SMILES string of the molecule is CC1(C)c2ccccc2-c2ccc(N(c3ccc4c(c3)-c3cc5ccccc5cc3-c3ccc(-c5ccccc5)cc3O4)c3ccc4c(c3)C(C)(C)c3ccccc3-4)cc21. The monoisotopic (exact) mass is 769 g/mol. The fraction of sp³-hybridized carbons (Fsp3) is 0.103. The topological polar surface area (TPSA) is 12.5 Å². The van der Waals surface area contributed by atoms with Gasteiger partial charge in [0.2, 0.25) is 0 Å². The second-order valence-corrected chi connectivity index (χ2v) is 17.7. The smallest absolute Gasteiger partial charge is 0.135 e. The van der Waals surface area contributed by atoms with Crippen LogP contribution in [0.3, 0.4) is 0 Å². The summed E-state index contributed by atoms with van der Waals surface area (Å²) in [6.07, 6.45) is 0. The third-order valence-electron chi connectivity index (χ3n) is 13.6. The fourth-order valence-corrected chi connectivity index (χ4v) is 10.5. The van der Waals surface area contributed by atoms with Gasteiger partial charge in [-0.25, -0.2) is 0 Å². The molecule has 3 aliphatic rings. The van der Waals surface area contributed by atoms with Gasteiger partial charge in [-0.1, -0.05) is 149 Å². The third kappa shape index (κ3) is 5.07. The molecule has 9 aromatic carbocycles. The van der Waals surface area contributed by atoms with Gasteiger partial charge in [-0.15, -0.1) is 0 Å². The number of nitrogens with zero attached hydrogens (tertiary/aromatic N) is 1. The lowest BCUT2D eigenvalue weighted by atomic mass is 9.82. The van der Waals surface area contributed by atoms with Gasteiger partial charge in [0.05, 0.1) is 0 Å². The molecule has 12 rings (SSSR count). The molecule has 1 aliphatic heterocycles. The Morgan fingerprint density at radius 2 is 0.800 bits per heavy atom. The van der Waals surface area contributed by atoms with Crippen molar-refractivity contribution >= 4 is 27.8 Å². The Hall–Kier alpha value is -7.16. The van der Waals surface area contributed by atoms with Crippen LogP contribution in [0.15, 0.2) is 188 Å². The van der Waals surface area contributed by atoms with Crippen LogP contribution < -0.4 is 9.64 Å². The van der Waals surface area contributed by atoms with Crippen LogP contribution in [-0.4, -0.2) is 0 Å².